The number of carbonyl (C=O) groups is 1. The Bertz CT molecular complexity index is 617. The highest BCUT2D eigenvalue weighted by atomic mass is 16.2. The van der Waals surface area contributed by atoms with Gasteiger partial charge in [-0.1, -0.05) is 0 Å². The average Bonchev–Trinajstić information content (AvgIpc) is 3.43. The smallest absolute Gasteiger partial charge is 0.227 e. The summed E-state index contributed by atoms with van der Waals surface area (Å²) in [4.78, 5) is 25.9. The molecule has 3 heterocycles. The summed E-state index contributed by atoms with van der Waals surface area (Å²) in [6, 6.07) is 2.44. The summed E-state index contributed by atoms with van der Waals surface area (Å²) >= 11 is 0. The van der Waals surface area contributed by atoms with E-state index in [4.69, 9.17) is 0 Å². The van der Waals surface area contributed by atoms with Gasteiger partial charge in [0.05, 0.1) is 0 Å². The van der Waals surface area contributed by atoms with Gasteiger partial charge in [-0.15, -0.1) is 0 Å². The minimum absolute atomic E-state index is 0.228. The van der Waals surface area contributed by atoms with Gasteiger partial charge in [-0.25, -0.2) is 4.98 Å². The molecule has 3 aliphatic rings. The fraction of sp³-hybridized carbons (Fsp3) is 0.722. The molecule has 4 rings (SSSR count). The van der Waals surface area contributed by atoms with E-state index in [0.29, 0.717) is 18.4 Å². The van der Waals surface area contributed by atoms with Gasteiger partial charge >= 0.3 is 0 Å². The molecule has 2 saturated heterocycles. The summed E-state index contributed by atoms with van der Waals surface area (Å²) in [6.07, 6.45) is 8.32. The molecule has 0 unspecified atom stereocenters. The van der Waals surface area contributed by atoms with Crippen LogP contribution in [0.4, 0.5) is 11.8 Å². The molecule has 3 fully saturated rings. The number of anilines is 2. The summed E-state index contributed by atoms with van der Waals surface area (Å²) in [7, 11) is 0. The van der Waals surface area contributed by atoms with E-state index in [9.17, 15) is 4.79 Å². The molecule has 0 radical (unpaired) electrons. The van der Waals surface area contributed by atoms with Crippen LogP contribution < -0.4 is 10.2 Å². The summed E-state index contributed by atoms with van der Waals surface area (Å²) in [5.41, 5.74) is 0.228. The Kier molecular flexibility index (Phi) is 4.06. The van der Waals surface area contributed by atoms with Crippen molar-refractivity contribution in [3.63, 3.8) is 0 Å². The topological polar surface area (TPSA) is 61.4 Å². The maximum Gasteiger partial charge on any atom is 0.227 e. The standard InChI is InChI=1S/C18H27N5O/c1-2-19-15-7-10-20-17(21-15)22-11-3-8-18(12-22)9-6-16(24)23(13-18)14-4-5-14/h7,10,14H,2-6,8-9,11-13H2,1H3,(H,19,20,21)/t18-/m0/s1. The molecule has 1 spiro atoms. The van der Waals surface area contributed by atoms with Gasteiger partial charge in [0.25, 0.3) is 0 Å². The molecule has 0 aromatic carbocycles. The lowest BCUT2D eigenvalue weighted by Crippen LogP contribution is -2.54. The molecule has 1 amide bonds. The third-order valence-electron chi connectivity index (χ3n) is 5.63. The van der Waals surface area contributed by atoms with E-state index in [-0.39, 0.29) is 5.41 Å². The minimum Gasteiger partial charge on any atom is -0.370 e. The molecule has 24 heavy (non-hydrogen) atoms. The van der Waals surface area contributed by atoms with Crippen LogP contribution >= 0.6 is 0 Å². The van der Waals surface area contributed by atoms with E-state index in [0.717, 1.165) is 50.8 Å². The van der Waals surface area contributed by atoms with Crippen molar-refractivity contribution >= 4 is 17.7 Å². The van der Waals surface area contributed by atoms with E-state index in [1.165, 1.54) is 19.3 Å². The van der Waals surface area contributed by atoms with E-state index >= 15 is 0 Å². The maximum atomic E-state index is 12.2. The van der Waals surface area contributed by atoms with Crippen molar-refractivity contribution in [1.29, 1.82) is 0 Å². The van der Waals surface area contributed by atoms with Crippen molar-refractivity contribution in [2.24, 2.45) is 5.41 Å². The Labute approximate surface area is 143 Å². The SMILES string of the molecule is CCNc1ccnc(N2CCC[C@]3(CCC(=O)N(C4CC4)C3)C2)n1. The second-order valence-electron chi connectivity index (χ2n) is 7.55. The summed E-state index contributed by atoms with van der Waals surface area (Å²) < 4.78 is 0. The third kappa shape index (κ3) is 3.06. The van der Waals surface area contributed by atoms with Crippen LogP contribution in [0.1, 0.15) is 45.4 Å². The van der Waals surface area contributed by atoms with Gasteiger partial charge in [-0.05, 0) is 45.1 Å². The molecule has 2 aliphatic heterocycles. The van der Waals surface area contributed by atoms with Gasteiger partial charge in [0.15, 0.2) is 0 Å². The normalized spacial score (nSPS) is 27.6. The first kappa shape index (κ1) is 15.7. The number of carbonyl (C=O) groups excluding carboxylic acids is 1. The lowest BCUT2D eigenvalue weighted by molar-refractivity contribution is -0.138. The van der Waals surface area contributed by atoms with Gasteiger partial charge in [0.2, 0.25) is 11.9 Å². The number of likely N-dealkylation sites (tertiary alicyclic amines) is 1. The van der Waals surface area contributed by atoms with Crippen molar-refractivity contribution in [3.05, 3.63) is 12.3 Å². The van der Waals surface area contributed by atoms with Crippen LogP contribution in [0.2, 0.25) is 0 Å². The van der Waals surface area contributed by atoms with Gasteiger partial charge in [-0.3, -0.25) is 4.79 Å². The van der Waals surface area contributed by atoms with Crippen LogP contribution in [0.5, 0.6) is 0 Å². The number of piperidine rings is 2. The number of nitrogens with zero attached hydrogens (tertiary/aromatic N) is 4. The minimum atomic E-state index is 0.228. The number of hydrogen-bond donors (Lipinski definition) is 1. The van der Waals surface area contributed by atoms with Gasteiger partial charge in [-0.2, -0.15) is 4.98 Å². The second kappa shape index (κ2) is 6.22. The zero-order chi connectivity index (χ0) is 16.6. The predicted octanol–water partition coefficient (Wildman–Crippen LogP) is 2.28. The summed E-state index contributed by atoms with van der Waals surface area (Å²) in [6.45, 7) is 5.84. The first-order valence-electron chi connectivity index (χ1n) is 9.30. The van der Waals surface area contributed by atoms with E-state index in [1.54, 1.807) is 0 Å². The molecule has 1 aromatic rings. The Morgan fingerprint density at radius 2 is 2.21 bits per heavy atom. The molecule has 1 N–H and O–H groups in total. The van der Waals surface area contributed by atoms with Gasteiger partial charge < -0.3 is 15.1 Å². The lowest BCUT2D eigenvalue weighted by atomic mass is 9.73. The number of amides is 1. The molecule has 1 atom stereocenters. The third-order valence-corrected chi connectivity index (χ3v) is 5.63. The Balaban J connectivity index is 1.51. The van der Waals surface area contributed by atoms with Crippen LogP contribution in [0.15, 0.2) is 12.3 Å². The van der Waals surface area contributed by atoms with Crippen molar-refractivity contribution in [3.8, 4) is 0 Å². The zero-order valence-corrected chi connectivity index (χ0v) is 14.5. The molecule has 6 heteroatoms. The van der Waals surface area contributed by atoms with Crippen molar-refractivity contribution in [2.45, 2.75) is 51.5 Å². The van der Waals surface area contributed by atoms with Crippen LogP contribution in [0, 0.1) is 5.41 Å². The molecular weight excluding hydrogens is 302 g/mol. The van der Waals surface area contributed by atoms with Crippen LogP contribution in [0.25, 0.3) is 0 Å². The predicted molar refractivity (Wildman–Crippen MR) is 94.0 cm³/mol. The van der Waals surface area contributed by atoms with Crippen LogP contribution in [0.3, 0.4) is 0 Å². The molecule has 1 aromatic heterocycles. The highest BCUT2D eigenvalue weighted by molar-refractivity contribution is 5.78. The van der Waals surface area contributed by atoms with Crippen molar-refractivity contribution < 1.29 is 4.79 Å². The van der Waals surface area contributed by atoms with Crippen molar-refractivity contribution in [2.75, 3.05) is 36.4 Å². The largest absolute Gasteiger partial charge is 0.370 e. The average molecular weight is 329 g/mol. The lowest BCUT2D eigenvalue weighted by Gasteiger charge is -2.48. The molecule has 130 valence electrons. The molecule has 1 aliphatic carbocycles. The summed E-state index contributed by atoms with van der Waals surface area (Å²) in [5.74, 6) is 2.08. The van der Waals surface area contributed by atoms with E-state index in [1.807, 2.05) is 12.3 Å². The molecule has 0 bridgehead atoms. The first-order valence-corrected chi connectivity index (χ1v) is 9.30. The fourth-order valence-corrected chi connectivity index (χ4v) is 4.26. The highest BCUT2D eigenvalue weighted by Crippen LogP contribution is 2.42. The second-order valence-corrected chi connectivity index (χ2v) is 7.55. The Morgan fingerprint density at radius 1 is 1.33 bits per heavy atom. The monoisotopic (exact) mass is 329 g/mol. The number of aromatic nitrogens is 2. The summed E-state index contributed by atoms with van der Waals surface area (Å²) in [5, 5.41) is 3.26. The number of nitrogens with one attached hydrogen (secondary N) is 1. The van der Waals surface area contributed by atoms with Gasteiger partial charge in [0, 0.05) is 50.3 Å². The Morgan fingerprint density at radius 3 is 3.00 bits per heavy atom. The molecule has 1 saturated carbocycles. The van der Waals surface area contributed by atoms with E-state index in [2.05, 4.69) is 32.0 Å². The van der Waals surface area contributed by atoms with Crippen LogP contribution in [-0.4, -0.2) is 53.0 Å². The van der Waals surface area contributed by atoms with Crippen molar-refractivity contribution in [1.82, 2.24) is 14.9 Å². The molecular formula is C18H27N5O. The van der Waals surface area contributed by atoms with Crippen LogP contribution in [-0.2, 0) is 4.79 Å². The maximum absolute atomic E-state index is 12.2. The Hall–Kier alpha value is -1.85. The first-order chi connectivity index (χ1) is 11.7. The number of rotatable bonds is 4. The quantitative estimate of drug-likeness (QED) is 0.918. The zero-order valence-electron chi connectivity index (χ0n) is 14.5. The highest BCUT2D eigenvalue weighted by Gasteiger charge is 2.45. The van der Waals surface area contributed by atoms with Gasteiger partial charge in [0.1, 0.15) is 5.82 Å². The molecule has 6 nitrogen and oxygen atoms in total. The van der Waals surface area contributed by atoms with E-state index < -0.39 is 0 Å². The fourth-order valence-electron chi connectivity index (χ4n) is 4.26. The number of hydrogen-bond acceptors (Lipinski definition) is 5.